The summed E-state index contributed by atoms with van der Waals surface area (Å²) in [6.07, 6.45) is 0. The monoisotopic (exact) mass is 367 g/mol. The molecule has 1 N–H and O–H groups in total. The number of aliphatic hydroxyl groups is 1. The van der Waals surface area contributed by atoms with Gasteiger partial charge in [-0.1, -0.05) is 18.2 Å². The largest absolute Gasteiger partial charge is 0.392 e. The number of para-hydroxylation sites is 1. The van der Waals surface area contributed by atoms with Gasteiger partial charge in [-0.25, -0.2) is 4.98 Å². The van der Waals surface area contributed by atoms with Gasteiger partial charge in [-0.05, 0) is 31.2 Å². The number of piperazine rings is 1. The Morgan fingerprint density at radius 3 is 2.62 bits per heavy atom. The average molecular weight is 367 g/mol. The number of anilines is 1. The molecule has 0 saturated carbocycles. The average Bonchev–Trinajstić information content (AvgIpc) is 3.13. The lowest BCUT2D eigenvalue weighted by Crippen LogP contribution is -2.49. The molecule has 134 valence electrons. The summed E-state index contributed by atoms with van der Waals surface area (Å²) in [6, 6.07) is 13.8. The van der Waals surface area contributed by atoms with Crippen LogP contribution in [0, 0.1) is 6.92 Å². The van der Waals surface area contributed by atoms with E-state index in [-0.39, 0.29) is 12.5 Å². The molecule has 0 atom stereocenters. The van der Waals surface area contributed by atoms with Crippen LogP contribution in [0.15, 0.2) is 42.5 Å². The molecule has 1 aliphatic rings. The van der Waals surface area contributed by atoms with E-state index in [1.54, 1.807) is 11.3 Å². The molecule has 0 radical (unpaired) electrons. The van der Waals surface area contributed by atoms with E-state index in [1.165, 1.54) is 0 Å². The van der Waals surface area contributed by atoms with E-state index >= 15 is 0 Å². The van der Waals surface area contributed by atoms with Crippen LogP contribution in [0.25, 0.3) is 10.9 Å². The number of rotatable bonds is 3. The van der Waals surface area contributed by atoms with Crippen LogP contribution < -0.4 is 4.90 Å². The number of carbonyl (C=O) groups is 1. The third kappa shape index (κ3) is 3.18. The molecule has 3 aromatic rings. The second kappa shape index (κ2) is 7.05. The number of carbonyl (C=O) groups excluding carboxylic acids is 1. The van der Waals surface area contributed by atoms with Crippen LogP contribution in [0.2, 0.25) is 0 Å². The van der Waals surface area contributed by atoms with E-state index in [4.69, 9.17) is 4.98 Å². The molecular formula is C20H21N3O2S. The van der Waals surface area contributed by atoms with Gasteiger partial charge in [-0.3, -0.25) is 4.79 Å². The van der Waals surface area contributed by atoms with Gasteiger partial charge in [0.1, 0.15) is 5.82 Å². The number of hydrogen-bond acceptors (Lipinski definition) is 5. The van der Waals surface area contributed by atoms with E-state index in [2.05, 4.69) is 4.90 Å². The van der Waals surface area contributed by atoms with E-state index < -0.39 is 0 Å². The van der Waals surface area contributed by atoms with Crippen LogP contribution in [-0.2, 0) is 6.61 Å². The van der Waals surface area contributed by atoms with Gasteiger partial charge < -0.3 is 14.9 Å². The van der Waals surface area contributed by atoms with Crippen molar-refractivity contribution in [2.45, 2.75) is 13.5 Å². The van der Waals surface area contributed by atoms with Gasteiger partial charge in [-0.15, -0.1) is 11.3 Å². The van der Waals surface area contributed by atoms with Crippen LogP contribution in [-0.4, -0.2) is 47.1 Å². The number of benzene rings is 1. The molecule has 0 aliphatic carbocycles. The Hall–Kier alpha value is -2.44. The summed E-state index contributed by atoms with van der Waals surface area (Å²) >= 11 is 1.54. The zero-order valence-corrected chi connectivity index (χ0v) is 15.5. The standard InChI is InChI=1S/C20H21N3O2S/c1-14-6-7-18(26-14)20(25)23-10-8-22(9-11-23)19-16(13-24)12-15-4-2-3-5-17(15)21-19/h2-7,12,24H,8-11,13H2,1H3. The highest BCUT2D eigenvalue weighted by molar-refractivity contribution is 7.13. The molecule has 0 bridgehead atoms. The van der Waals surface area contributed by atoms with Gasteiger partial charge in [0.2, 0.25) is 0 Å². The molecule has 1 aromatic carbocycles. The molecule has 26 heavy (non-hydrogen) atoms. The van der Waals surface area contributed by atoms with Crippen molar-refractivity contribution in [3.05, 3.63) is 57.8 Å². The van der Waals surface area contributed by atoms with E-state index in [1.807, 2.05) is 54.3 Å². The lowest BCUT2D eigenvalue weighted by atomic mass is 10.1. The fraction of sp³-hybridized carbons (Fsp3) is 0.300. The first-order chi connectivity index (χ1) is 12.7. The lowest BCUT2D eigenvalue weighted by Gasteiger charge is -2.36. The quantitative estimate of drug-likeness (QED) is 0.773. The number of fused-ring (bicyclic) bond motifs is 1. The number of hydrogen-bond donors (Lipinski definition) is 1. The Labute approximate surface area is 156 Å². The molecule has 0 unspecified atom stereocenters. The summed E-state index contributed by atoms with van der Waals surface area (Å²) in [5, 5.41) is 10.8. The van der Waals surface area contributed by atoms with Crippen molar-refractivity contribution in [1.82, 2.24) is 9.88 Å². The van der Waals surface area contributed by atoms with Gasteiger partial charge in [-0.2, -0.15) is 0 Å². The SMILES string of the molecule is Cc1ccc(C(=O)N2CCN(c3nc4ccccc4cc3CO)CC2)s1. The Kier molecular flexibility index (Phi) is 4.61. The predicted octanol–water partition coefficient (Wildman–Crippen LogP) is 3.06. The van der Waals surface area contributed by atoms with Crippen LogP contribution in [0.1, 0.15) is 20.1 Å². The van der Waals surface area contributed by atoms with Crippen molar-refractivity contribution in [2.75, 3.05) is 31.1 Å². The van der Waals surface area contributed by atoms with Crippen molar-refractivity contribution in [3.8, 4) is 0 Å². The molecule has 6 heteroatoms. The van der Waals surface area contributed by atoms with Crippen LogP contribution in [0.4, 0.5) is 5.82 Å². The Bertz CT molecular complexity index is 945. The predicted molar refractivity (Wildman–Crippen MR) is 105 cm³/mol. The second-order valence-electron chi connectivity index (χ2n) is 6.51. The fourth-order valence-electron chi connectivity index (χ4n) is 3.37. The van der Waals surface area contributed by atoms with Crippen LogP contribution in [0.3, 0.4) is 0 Å². The van der Waals surface area contributed by atoms with Crippen molar-refractivity contribution >= 4 is 34.0 Å². The Morgan fingerprint density at radius 1 is 1.15 bits per heavy atom. The molecule has 5 nitrogen and oxygen atoms in total. The number of nitrogens with zero attached hydrogens (tertiary/aromatic N) is 3. The molecule has 4 rings (SSSR count). The number of pyridine rings is 1. The molecule has 0 spiro atoms. The summed E-state index contributed by atoms with van der Waals surface area (Å²) < 4.78 is 0. The lowest BCUT2D eigenvalue weighted by molar-refractivity contribution is 0.0751. The van der Waals surface area contributed by atoms with E-state index in [0.717, 1.165) is 32.0 Å². The minimum absolute atomic E-state index is 0.0409. The second-order valence-corrected chi connectivity index (χ2v) is 7.80. The number of aryl methyl sites for hydroxylation is 1. The molecule has 1 amide bonds. The highest BCUT2D eigenvalue weighted by Crippen LogP contribution is 2.25. The van der Waals surface area contributed by atoms with Crippen LogP contribution >= 0.6 is 11.3 Å². The zero-order chi connectivity index (χ0) is 18.1. The topological polar surface area (TPSA) is 56.7 Å². The van der Waals surface area contributed by atoms with Gasteiger partial charge in [0.15, 0.2) is 0 Å². The summed E-state index contributed by atoms with van der Waals surface area (Å²) in [5.41, 5.74) is 1.75. The molecule has 1 aliphatic heterocycles. The maximum absolute atomic E-state index is 12.6. The minimum atomic E-state index is -0.0409. The fourth-order valence-corrected chi connectivity index (χ4v) is 4.20. The third-order valence-electron chi connectivity index (χ3n) is 4.77. The summed E-state index contributed by atoms with van der Waals surface area (Å²) in [4.78, 5) is 23.4. The maximum Gasteiger partial charge on any atom is 0.264 e. The maximum atomic E-state index is 12.6. The first kappa shape index (κ1) is 17.0. The van der Waals surface area contributed by atoms with Crippen molar-refractivity contribution in [3.63, 3.8) is 0 Å². The number of aliphatic hydroxyl groups excluding tert-OH is 1. The van der Waals surface area contributed by atoms with E-state index in [0.29, 0.717) is 26.2 Å². The molecule has 2 aromatic heterocycles. The van der Waals surface area contributed by atoms with Crippen molar-refractivity contribution in [2.24, 2.45) is 0 Å². The van der Waals surface area contributed by atoms with Crippen LogP contribution in [0.5, 0.6) is 0 Å². The Balaban J connectivity index is 1.52. The summed E-state index contributed by atoms with van der Waals surface area (Å²) in [7, 11) is 0. The number of amides is 1. The smallest absolute Gasteiger partial charge is 0.264 e. The van der Waals surface area contributed by atoms with Crippen molar-refractivity contribution < 1.29 is 9.90 Å². The van der Waals surface area contributed by atoms with Gasteiger partial charge in [0.25, 0.3) is 5.91 Å². The minimum Gasteiger partial charge on any atom is -0.392 e. The molecule has 1 saturated heterocycles. The first-order valence-electron chi connectivity index (χ1n) is 8.76. The summed E-state index contributed by atoms with van der Waals surface area (Å²) in [6.45, 7) is 4.73. The van der Waals surface area contributed by atoms with Crippen molar-refractivity contribution in [1.29, 1.82) is 0 Å². The molecular weight excluding hydrogens is 346 g/mol. The molecule has 1 fully saturated rings. The van der Waals surface area contributed by atoms with E-state index in [9.17, 15) is 9.90 Å². The highest BCUT2D eigenvalue weighted by Gasteiger charge is 2.25. The van der Waals surface area contributed by atoms with Gasteiger partial charge in [0, 0.05) is 42.0 Å². The van der Waals surface area contributed by atoms with Gasteiger partial charge >= 0.3 is 0 Å². The normalized spacial score (nSPS) is 14.8. The molecule has 3 heterocycles. The first-order valence-corrected chi connectivity index (χ1v) is 9.57. The van der Waals surface area contributed by atoms with Gasteiger partial charge in [0.05, 0.1) is 17.0 Å². The summed E-state index contributed by atoms with van der Waals surface area (Å²) in [5.74, 6) is 0.932. The number of thiophene rings is 1. The highest BCUT2D eigenvalue weighted by atomic mass is 32.1. The number of aromatic nitrogens is 1. The Morgan fingerprint density at radius 2 is 1.92 bits per heavy atom. The zero-order valence-electron chi connectivity index (χ0n) is 14.7. The third-order valence-corrected chi connectivity index (χ3v) is 5.76.